The summed E-state index contributed by atoms with van der Waals surface area (Å²) in [6.45, 7) is 6.02. The van der Waals surface area contributed by atoms with Crippen molar-refractivity contribution in [1.29, 1.82) is 0 Å². The molecule has 1 N–H and O–H groups in total. The highest BCUT2D eigenvalue weighted by molar-refractivity contribution is 5.92. The fourth-order valence-corrected chi connectivity index (χ4v) is 6.31. The fourth-order valence-electron chi connectivity index (χ4n) is 6.31. The van der Waals surface area contributed by atoms with Gasteiger partial charge in [0.05, 0.1) is 11.6 Å². The first-order valence-electron chi connectivity index (χ1n) is 14.3. The molecule has 38 heavy (non-hydrogen) atoms. The molecule has 2 fully saturated rings. The van der Waals surface area contributed by atoms with E-state index in [4.69, 9.17) is 13.9 Å². The SMILES string of the molecule is CCO[C@@H]1OC(C(=O)N2CCC(N3CCCCC3)CC2)=C[C@H](c2coc3ccccc3c2=O)[C@H]1CCCO. The maximum absolute atomic E-state index is 13.7. The number of para-hydroxylation sites is 1. The van der Waals surface area contributed by atoms with Crippen molar-refractivity contribution in [3.63, 3.8) is 0 Å². The van der Waals surface area contributed by atoms with E-state index in [0.29, 0.717) is 55.1 Å². The third-order valence-corrected chi connectivity index (χ3v) is 8.35. The van der Waals surface area contributed by atoms with Crippen LogP contribution in [0.25, 0.3) is 11.0 Å². The van der Waals surface area contributed by atoms with Gasteiger partial charge in [-0.15, -0.1) is 0 Å². The summed E-state index contributed by atoms with van der Waals surface area (Å²) in [5.41, 5.74) is 0.889. The molecule has 3 aliphatic rings. The van der Waals surface area contributed by atoms with Crippen molar-refractivity contribution in [3.8, 4) is 0 Å². The van der Waals surface area contributed by atoms with E-state index in [1.165, 1.54) is 25.5 Å². The first-order chi connectivity index (χ1) is 18.6. The van der Waals surface area contributed by atoms with Crippen LogP contribution in [0.4, 0.5) is 0 Å². The van der Waals surface area contributed by atoms with Crippen LogP contribution in [0, 0.1) is 5.92 Å². The normalized spacial score (nSPS) is 25.3. The number of carbonyl (C=O) groups is 1. The van der Waals surface area contributed by atoms with Gasteiger partial charge in [0.1, 0.15) is 5.58 Å². The van der Waals surface area contributed by atoms with E-state index < -0.39 is 12.2 Å². The van der Waals surface area contributed by atoms with Gasteiger partial charge in [-0.2, -0.15) is 0 Å². The number of fused-ring (bicyclic) bond motifs is 1. The molecule has 1 aromatic heterocycles. The van der Waals surface area contributed by atoms with Crippen molar-refractivity contribution < 1.29 is 23.8 Å². The maximum atomic E-state index is 13.7. The Morgan fingerprint density at radius 2 is 1.87 bits per heavy atom. The van der Waals surface area contributed by atoms with Gasteiger partial charge in [-0.3, -0.25) is 9.59 Å². The van der Waals surface area contributed by atoms with Crippen LogP contribution in [-0.2, 0) is 14.3 Å². The lowest BCUT2D eigenvalue weighted by Crippen LogP contribution is -2.49. The average molecular weight is 525 g/mol. The highest BCUT2D eigenvalue weighted by Crippen LogP contribution is 2.39. The summed E-state index contributed by atoms with van der Waals surface area (Å²) >= 11 is 0. The van der Waals surface area contributed by atoms with Crippen molar-refractivity contribution in [2.45, 2.75) is 70.1 Å². The third kappa shape index (κ3) is 5.67. The van der Waals surface area contributed by atoms with E-state index in [1.807, 2.05) is 24.0 Å². The minimum absolute atomic E-state index is 0.0237. The minimum Gasteiger partial charge on any atom is -0.464 e. The summed E-state index contributed by atoms with van der Waals surface area (Å²) in [5.74, 6) is -0.592. The predicted octanol–water partition coefficient (Wildman–Crippen LogP) is 4.02. The predicted molar refractivity (Wildman–Crippen MR) is 145 cm³/mol. The van der Waals surface area contributed by atoms with Crippen LogP contribution in [0.2, 0.25) is 0 Å². The van der Waals surface area contributed by atoms with Gasteiger partial charge >= 0.3 is 0 Å². The molecule has 0 radical (unpaired) electrons. The van der Waals surface area contributed by atoms with Crippen molar-refractivity contribution in [3.05, 3.63) is 58.2 Å². The zero-order valence-corrected chi connectivity index (χ0v) is 22.3. The topological polar surface area (TPSA) is 92.5 Å². The van der Waals surface area contributed by atoms with Crippen LogP contribution >= 0.6 is 0 Å². The minimum atomic E-state index is -0.697. The zero-order valence-electron chi connectivity index (χ0n) is 22.3. The first kappa shape index (κ1) is 26.9. The summed E-state index contributed by atoms with van der Waals surface area (Å²) in [7, 11) is 0. The van der Waals surface area contributed by atoms with Crippen molar-refractivity contribution >= 4 is 16.9 Å². The highest BCUT2D eigenvalue weighted by atomic mass is 16.7. The Morgan fingerprint density at radius 3 is 2.61 bits per heavy atom. The van der Waals surface area contributed by atoms with Gasteiger partial charge in [0, 0.05) is 49.7 Å². The molecule has 5 rings (SSSR count). The number of aliphatic hydroxyl groups excluding tert-OH is 1. The maximum Gasteiger partial charge on any atom is 0.288 e. The Morgan fingerprint density at radius 1 is 1.11 bits per heavy atom. The summed E-state index contributed by atoms with van der Waals surface area (Å²) in [5, 5.41) is 10.1. The highest BCUT2D eigenvalue weighted by Gasteiger charge is 2.40. The Kier molecular flexibility index (Phi) is 8.82. The van der Waals surface area contributed by atoms with Crippen LogP contribution in [-0.4, -0.2) is 72.5 Å². The molecule has 1 aromatic carbocycles. The molecule has 0 aliphatic carbocycles. The van der Waals surface area contributed by atoms with E-state index in [-0.39, 0.29) is 29.6 Å². The molecule has 8 nitrogen and oxygen atoms in total. The lowest BCUT2D eigenvalue weighted by molar-refractivity contribution is -0.171. The molecule has 2 aromatic rings. The van der Waals surface area contributed by atoms with E-state index in [2.05, 4.69) is 4.90 Å². The Hall–Kier alpha value is -2.68. The number of nitrogens with zero attached hydrogens (tertiary/aromatic N) is 2. The van der Waals surface area contributed by atoms with Gasteiger partial charge in [0.25, 0.3) is 5.91 Å². The number of benzene rings is 1. The third-order valence-electron chi connectivity index (χ3n) is 8.35. The number of aliphatic hydroxyl groups is 1. The van der Waals surface area contributed by atoms with Gasteiger partial charge in [-0.1, -0.05) is 18.6 Å². The summed E-state index contributed by atoms with van der Waals surface area (Å²) in [6.07, 6.45) is 9.49. The van der Waals surface area contributed by atoms with Crippen LogP contribution in [0.5, 0.6) is 0 Å². The van der Waals surface area contributed by atoms with Crippen molar-refractivity contribution in [2.75, 3.05) is 39.4 Å². The first-order valence-corrected chi connectivity index (χ1v) is 14.3. The van der Waals surface area contributed by atoms with E-state index in [1.54, 1.807) is 18.2 Å². The average Bonchev–Trinajstić information content (AvgIpc) is 2.97. The summed E-state index contributed by atoms with van der Waals surface area (Å²) in [6, 6.07) is 7.72. The second-order valence-corrected chi connectivity index (χ2v) is 10.7. The van der Waals surface area contributed by atoms with Gasteiger partial charge in [0.2, 0.25) is 6.29 Å². The second-order valence-electron chi connectivity index (χ2n) is 10.7. The molecule has 3 aliphatic heterocycles. The summed E-state index contributed by atoms with van der Waals surface area (Å²) < 4.78 is 18.0. The number of piperidine rings is 2. The lowest BCUT2D eigenvalue weighted by atomic mass is 9.80. The molecule has 0 spiro atoms. The summed E-state index contributed by atoms with van der Waals surface area (Å²) in [4.78, 5) is 31.7. The number of rotatable bonds is 8. The number of likely N-dealkylation sites (tertiary alicyclic amines) is 2. The van der Waals surface area contributed by atoms with Gasteiger partial charge in [0.15, 0.2) is 11.2 Å². The zero-order chi connectivity index (χ0) is 26.5. The number of carbonyl (C=O) groups excluding carboxylic acids is 1. The monoisotopic (exact) mass is 524 g/mol. The Labute approximate surface area is 224 Å². The Bertz CT molecular complexity index is 1180. The molecule has 1 amide bonds. The molecule has 8 heteroatoms. The molecule has 4 heterocycles. The largest absolute Gasteiger partial charge is 0.464 e. The quantitative estimate of drug-likeness (QED) is 0.558. The number of ether oxygens (including phenoxy) is 2. The van der Waals surface area contributed by atoms with Crippen LogP contribution in [0.3, 0.4) is 0 Å². The molecular formula is C30H40N2O6. The standard InChI is InChI=1S/C30H40N2O6/c1-2-36-30-22(10-8-18-33)24(25-20-37-26-11-5-4-9-23(26)28(25)34)19-27(38-30)29(35)32-16-12-21(13-17-32)31-14-6-3-7-15-31/h4-5,9,11,19-22,24,30,33H,2-3,6-8,10,12-18H2,1H3/t22-,24+,30-/m1/s1. The molecule has 0 unspecified atom stereocenters. The van der Waals surface area contributed by atoms with Crippen molar-refractivity contribution in [2.24, 2.45) is 5.92 Å². The van der Waals surface area contributed by atoms with Crippen molar-refractivity contribution in [1.82, 2.24) is 9.80 Å². The van der Waals surface area contributed by atoms with E-state index in [9.17, 15) is 14.7 Å². The van der Waals surface area contributed by atoms with E-state index >= 15 is 0 Å². The second kappa shape index (κ2) is 12.5. The number of hydrogen-bond acceptors (Lipinski definition) is 7. The van der Waals surface area contributed by atoms with Gasteiger partial charge < -0.3 is 28.8 Å². The molecule has 206 valence electrons. The molecular weight excluding hydrogens is 484 g/mol. The number of amides is 1. The van der Waals surface area contributed by atoms with Gasteiger partial charge in [-0.05, 0) is 76.7 Å². The molecule has 2 saturated heterocycles. The Balaban J connectivity index is 1.42. The van der Waals surface area contributed by atoms with Crippen LogP contribution in [0.15, 0.2) is 51.6 Å². The lowest BCUT2D eigenvalue weighted by Gasteiger charge is -2.41. The van der Waals surface area contributed by atoms with Crippen LogP contribution < -0.4 is 5.43 Å². The number of hydrogen-bond donors (Lipinski definition) is 1. The van der Waals surface area contributed by atoms with Gasteiger partial charge in [-0.25, -0.2) is 0 Å². The molecule has 3 atom stereocenters. The van der Waals surface area contributed by atoms with E-state index in [0.717, 1.165) is 25.9 Å². The number of allylic oxidation sites excluding steroid dienone is 1. The van der Waals surface area contributed by atoms with Crippen LogP contribution in [0.1, 0.15) is 63.4 Å². The fraction of sp³-hybridized carbons (Fsp3) is 0.600. The molecule has 0 bridgehead atoms. The molecule has 0 saturated carbocycles. The smallest absolute Gasteiger partial charge is 0.288 e.